The molecule has 0 atom stereocenters. The molecule has 0 unspecified atom stereocenters. The van der Waals surface area contributed by atoms with Gasteiger partial charge in [0.1, 0.15) is 0 Å². The number of benzene rings is 1. The molecule has 0 saturated carbocycles. The third kappa shape index (κ3) is 3.01. The van der Waals surface area contributed by atoms with Gasteiger partial charge < -0.3 is 0 Å². The summed E-state index contributed by atoms with van der Waals surface area (Å²) in [6.45, 7) is 0. The average Bonchev–Trinajstić information content (AvgIpc) is 2.19. The van der Waals surface area contributed by atoms with E-state index in [0.717, 1.165) is 12.1 Å². The average molecular weight is 383 g/mol. The molecule has 0 radical (unpaired) electrons. The molecule has 1 nitrogen and oxygen atoms in total. The molecule has 0 aliphatic heterocycles. The lowest BCUT2D eigenvalue weighted by atomic mass is 10.1. The molecule has 1 aromatic carbocycles. The molecule has 16 heavy (non-hydrogen) atoms. The number of hydrogen-bond acceptors (Lipinski definition) is 1. The number of Topliss-reactive ketones (excluding diaryl/α,β-unsaturated/α-hetero) is 1. The Balaban J connectivity index is 3.39. The highest BCUT2D eigenvalue weighted by Crippen LogP contribution is 2.34. The van der Waals surface area contributed by atoms with Gasteiger partial charge in [-0.1, -0.05) is 11.6 Å². The van der Waals surface area contributed by atoms with Crippen molar-refractivity contribution < 1.29 is 18.0 Å². The molecule has 1 aromatic rings. The number of carbonyl (C=O) groups excluding carboxylic acids is 1. The van der Waals surface area contributed by atoms with E-state index in [4.69, 9.17) is 23.2 Å². The first-order valence-electron chi connectivity index (χ1n) is 3.92. The summed E-state index contributed by atoms with van der Waals surface area (Å²) in [6.07, 6.45) is -4.51. The van der Waals surface area contributed by atoms with E-state index < -0.39 is 23.4 Å². The fourth-order valence-electron chi connectivity index (χ4n) is 1.03. The van der Waals surface area contributed by atoms with Gasteiger partial charge in [0.25, 0.3) is 0 Å². The molecule has 0 amide bonds. The lowest BCUT2D eigenvalue weighted by Crippen LogP contribution is -2.10. The zero-order valence-corrected chi connectivity index (χ0v) is 11.2. The Hall–Kier alpha value is -0.0100. The Labute approximate surface area is 113 Å². The molecular weight excluding hydrogens is 379 g/mol. The molecule has 7 heteroatoms. The zero-order valence-electron chi connectivity index (χ0n) is 7.54. The molecular formula is C9H4Cl2F3IO. The van der Waals surface area contributed by atoms with Gasteiger partial charge >= 0.3 is 6.18 Å². The van der Waals surface area contributed by atoms with Crippen molar-refractivity contribution in [2.24, 2.45) is 0 Å². The summed E-state index contributed by atoms with van der Waals surface area (Å²) in [7, 11) is 0. The van der Waals surface area contributed by atoms with Crippen LogP contribution in [0.2, 0.25) is 5.02 Å². The van der Waals surface area contributed by atoms with Gasteiger partial charge in [-0.05, 0) is 34.7 Å². The van der Waals surface area contributed by atoms with E-state index in [2.05, 4.69) is 0 Å². The molecule has 0 saturated heterocycles. The fourth-order valence-corrected chi connectivity index (χ4v) is 2.01. The number of alkyl halides is 4. The standard InChI is InChI=1S/C9H4Cl2F3IO/c10-3-7(16)5-1-4(9(12,13)14)2-6(15)8(5)11/h1-2H,3H2. The van der Waals surface area contributed by atoms with Gasteiger partial charge in [-0.15, -0.1) is 11.6 Å². The smallest absolute Gasteiger partial charge is 0.293 e. The minimum atomic E-state index is -4.51. The van der Waals surface area contributed by atoms with E-state index in [9.17, 15) is 18.0 Å². The molecule has 88 valence electrons. The Morgan fingerprint density at radius 1 is 1.38 bits per heavy atom. The van der Waals surface area contributed by atoms with Gasteiger partial charge in [-0.25, -0.2) is 0 Å². The van der Waals surface area contributed by atoms with Crippen molar-refractivity contribution in [3.05, 3.63) is 31.9 Å². The maximum Gasteiger partial charge on any atom is 0.416 e. The highest BCUT2D eigenvalue weighted by molar-refractivity contribution is 14.1. The highest BCUT2D eigenvalue weighted by atomic mass is 127. The van der Waals surface area contributed by atoms with Crippen molar-refractivity contribution in [2.75, 3.05) is 5.88 Å². The molecule has 0 aromatic heterocycles. The molecule has 0 aliphatic rings. The largest absolute Gasteiger partial charge is 0.416 e. The molecule has 1 rings (SSSR count). The highest BCUT2D eigenvalue weighted by Gasteiger charge is 2.32. The van der Waals surface area contributed by atoms with Crippen molar-refractivity contribution >= 4 is 51.6 Å². The Morgan fingerprint density at radius 3 is 2.38 bits per heavy atom. The summed E-state index contributed by atoms with van der Waals surface area (Å²) in [5.74, 6) is -1.03. The van der Waals surface area contributed by atoms with Crippen LogP contribution in [0.25, 0.3) is 0 Å². The van der Waals surface area contributed by atoms with Crippen LogP contribution < -0.4 is 0 Å². The van der Waals surface area contributed by atoms with Crippen molar-refractivity contribution in [3.8, 4) is 0 Å². The topological polar surface area (TPSA) is 17.1 Å². The lowest BCUT2D eigenvalue weighted by molar-refractivity contribution is -0.137. The minimum absolute atomic E-state index is 0.000694. The maximum absolute atomic E-state index is 12.5. The summed E-state index contributed by atoms with van der Waals surface area (Å²) in [6, 6.07) is 1.60. The van der Waals surface area contributed by atoms with Crippen molar-refractivity contribution in [2.45, 2.75) is 6.18 Å². The van der Waals surface area contributed by atoms with Crippen LogP contribution in [0.5, 0.6) is 0 Å². The van der Waals surface area contributed by atoms with E-state index in [-0.39, 0.29) is 14.2 Å². The summed E-state index contributed by atoms with van der Waals surface area (Å²) < 4.78 is 37.5. The van der Waals surface area contributed by atoms with Gasteiger partial charge in [0.15, 0.2) is 5.78 Å². The third-order valence-electron chi connectivity index (χ3n) is 1.78. The number of ketones is 1. The van der Waals surface area contributed by atoms with E-state index >= 15 is 0 Å². The Bertz CT molecular complexity index is 431. The Morgan fingerprint density at radius 2 is 1.94 bits per heavy atom. The normalized spacial score (nSPS) is 11.6. The summed E-state index contributed by atoms with van der Waals surface area (Å²) in [5.41, 5.74) is -1.11. The SMILES string of the molecule is O=C(CCl)c1cc(C(F)(F)F)cc(I)c1Cl. The summed E-state index contributed by atoms with van der Waals surface area (Å²) in [5, 5.41) is -0.000694. The van der Waals surface area contributed by atoms with E-state index in [1.807, 2.05) is 0 Å². The van der Waals surface area contributed by atoms with Crippen molar-refractivity contribution in [1.29, 1.82) is 0 Å². The molecule has 0 fully saturated rings. The summed E-state index contributed by atoms with van der Waals surface area (Å²) >= 11 is 12.7. The van der Waals surface area contributed by atoms with Crippen LogP contribution in [0.15, 0.2) is 12.1 Å². The molecule has 0 heterocycles. The number of hydrogen-bond donors (Lipinski definition) is 0. The van der Waals surface area contributed by atoms with Crippen LogP contribution in [0.1, 0.15) is 15.9 Å². The van der Waals surface area contributed by atoms with Gasteiger partial charge in [0.05, 0.1) is 16.5 Å². The quantitative estimate of drug-likeness (QED) is 0.421. The second-order valence-electron chi connectivity index (χ2n) is 2.87. The second-order valence-corrected chi connectivity index (χ2v) is 4.68. The monoisotopic (exact) mass is 382 g/mol. The number of halogens is 6. The van der Waals surface area contributed by atoms with Crippen molar-refractivity contribution in [3.63, 3.8) is 0 Å². The molecule has 0 N–H and O–H groups in total. The van der Waals surface area contributed by atoms with Gasteiger partial charge in [0, 0.05) is 9.13 Å². The van der Waals surface area contributed by atoms with Crippen LogP contribution in [-0.2, 0) is 6.18 Å². The van der Waals surface area contributed by atoms with Crippen LogP contribution in [0.3, 0.4) is 0 Å². The second kappa shape index (κ2) is 5.10. The molecule has 0 bridgehead atoms. The van der Waals surface area contributed by atoms with Gasteiger partial charge in [0.2, 0.25) is 0 Å². The summed E-state index contributed by atoms with van der Waals surface area (Å²) in [4.78, 5) is 11.3. The predicted octanol–water partition coefficient (Wildman–Crippen LogP) is 4.38. The first-order chi connectivity index (χ1) is 7.27. The fraction of sp³-hybridized carbons (Fsp3) is 0.222. The predicted molar refractivity (Wildman–Crippen MR) is 64.2 cm³/mol. The lowest BCUT2D eigenvalue weighted by Gasteiger charge is -2.10. The van der Waals surface area contributed by atoms with Crippen molar-refractivity contribution in [1.82, 2.24) is 0 Å². The number of rotatable bonds is 2. The van der Waals surface area contributed by atoms with E-state index in [1.165, 1.54) is 0 Å². The van der Waals surface area contributed by atoms with Crippen LogP contribution in [0, 0.1) is 3.57 Å². The van der Waals surface area contributed by atoms with Crippen LogP contribution in [-0.4, -0.2) is 11.7 Å². The van der Waals surface area contributed by atoms with Crippen LogP contribution >= 0.6 is 45.8 Å². The van der Waals surface area contributed by atoms with Gasteiger partial charge in [-0.3, -0.25) is 4.79 Å². The van der Waals surface area contributed by atoms with E-state index in [1.54, 1.807) is 22.6 Å². The van der Waals surface area contributed by atoms with Crippen LogP contribution in [0.4, 0.5) is 13.2 Å². The maximum atomic E-state index is 12.5. The first-order valence-corrected chi connectivity index (χ1v) is 5.92. The molecule has 0 aliphatic carbocycles. The Kier molecular flexibility index (Phi) is 4.48. The number of carbonyl (C=O) groups is 1. The first kappa shape index (κ1) is 14.1. The molecule has 0 spiro atoms. The zero-order chi connectivity index (χ0) is 12.5. The third-order valence-corrected chi connectivity index (χ3v) is 3.60. The van der Waals surface area contributed by atoms with E-state index in [0.29, 0.717) is 0 Å². The minimum Gasteiger partial charge on any atom is -0.293 e. The van der Waals surface area contributed by atoms with Gasteiger partial charge in [-0.2, -0.15) is 13.2 Å².